The first kappa shape index (κ1) is 89.4. The Morgan fingerprint density at radius 2 is 1.62 bits per heavy atom. The minimum absolute atomic E-state index is 0.0245. The van der Waals surface area contributed by atoms with Crippen molar-refractivity contribution in [2.75, 3.05) is 101 Å². The number of aliphatic imine (C=N–C) groups is 1. The normalized spacial score (nSPS) is 24.9. The number of carbonyl (C=O) groups excluding carboxylic acids is 9. The quantitative estimate of drug-likeness (QED) is 0.00456. The highest BCUT2D eigenvalue weighted by atomic mass is 33.1. The van der Waals surface area contributed by atoms with Crippen LogP contribution in [0, 0.1) is 30.1 Å². The van der Waals surface area contributed by atoms with Crippen LogP contribution < -0.4 is 53.2 Å². The summed E-state index contributed by atoms with van der Waals surface area (Å²) in [4.78, 5) is 164. The van der Waals surface area contributed by atoms with E-state index >= 15 is 4.79 Å². The van der Waals surface area contributed by atoms with Crippen LogP contribution in [-0.2, 0) is 71.6 Å². The number of likely N-dealkylation sites (N-methyl/N-ethyl adjacent to an activating group) is 1. The third-order valence-corrected chi connectivity index (χ3v) is 27.8. The van der Waals surface area contributed by atoms with E-state index in [2.05, 4.69) is 84.5 Å². The summed E-state index contributed by atoms with van der Waals surface area (Å²) >= 11 is 0. The number of methoxy groups -OCH3 is 1. The van der Waals surface area contributed by atoms with Crippen LogP contribution in [0.1, 0.15) is 162 Å². The number of aliphatic hydroxyl groups is 3. The molecule has 1 unspecified atom stereocenters. The summed E-state index contributed by atoms with van der Waals surface area (Å²) in [6.07, 6.45) is 7.91. The molecule has 3 aromatic carbocycles. The number of ketones is 3. The molecule has 34 heteroatoms. The fraction of sp³-hybridized carbons (Fsp3) is 0.558. The minimum atomic E-state index is -2.52. The SMILES string of the molecule is CC[C@]1(O)C[C@H]2CN(CCc3c([nH]c4ccccc34)[C@@](COC=O)(c3cc4c(cc3OC)N(C)[C@H]3[C@@](O)(C(=O)NCC(=O)OCCSSCCCC(=O)[C@H](C)NC(=O)[C@H](C)CC(=O)[C@H](CCCN=C(N)N)NC(=O)[C@H](C)CC(=O)CCCNC(=O)c5ccc(NCc6cnc7nc(C)[nH]c(=O)c7n6)cc5)[C@H](O)[C@]5(CC)C=CCN6CC[C@]43[C@@H]65)C2)C1. The van der Waals surface area contributed by atoms with E-state index in [0.717, 1.165) is 33.3 Å². The van der Waals surface area contributed by atoms with E-state index in [1.165, 1.54) is 27.8 Å². The number of carbonyl (C=O) groups is 9. The highest BCUT2D eigenvalue weighted by Gasteiger charge is 2.79. The predicted molar refractivity (Wildman–Crippen MR) is 457 cm³/mol. The number of esters is 1. The summed E-state index contributed by atoms with van der Waals surface area (Å²) in [5.74, 6) is -4.10. The number of ether oxygens (including phenoxy) is 3. The predicted octanol–water partition coefficient (Wildman–Crippen LogP) is 5.03. The Labute approximate surface area is 705 Å². The highest BCUT2D eigenvalue weighted by Crippen LogP contribution is 2.68. The molecule has 14 N–H and O–H groups in total. The van der Waals surface area contributed by atoms with Gasteiger partial charge < -0.3 is 82.4 Å². The second kappa shape index (κ2) is 38.5. The van der Waals surface area contributed by atoms with Crippen LogP contribution in [0.25, 0.3) is 22.1 Å². The van der Waals surface area contributed by atoms with E-state index in [1.807, 2.05) is 56.1 Å². The molecule has 6 aliphatic rings. The van der Waals surface area contributed by atoms with Gasteiger partial charge in [0, 0.05) is 157 Å². The van der Waals surface area contributed by atoms with Gasteiger partial charge in [-0.3, -0.25) is 62.7 Å². The number of hydrogen-bond acceptors (Lipinski definition) is 26. The van der Waals surface area contributed by atoms with Gasteiger partial charge >= 0.3 is 5.97 Å². The molecule has 12 rings (SSSR count). The Bertz CT molecular complexity index is 4930. The average Bonchev–Trinajstić information content (AvgIpc) is 1.47. The van der Waals surface area contributed by atoms with E-state index < -0.39 is 106 Å². The summed E-state index contributed by atoms with van der Waals surface area (Å²) in [6, 6.07) is 15.6. The molecular weight excluding hydrogens is 1580 g/mol. The molecule has 8 heterocycles. The lowest BCUT2D eigenvalue weighted by molar-refractivity contribution is -0.203. The zero-order valence-electron chi connectivity index (χ0n) is 69.5. The summed E-state index contributed by atoms with van der Waals surface area (Å²) < 4.78 is 18.1. The van der Waals surface area contributed by atoms with E-state index in [0.29, 0.717) is 143 Å². The van der Waals surface area contributed by atoms with Crippen molar-refractivity contribution in [1.82, 2.24) is 56.0 Å². The van der Waals surface area contributed by atoms with Gasteiger partial charge in [-0.25, -0.2) is 15.0 Å². The number of piperidine rings is 1. The van der Waals surface area contributed by atoms with Gasteiger partial charge in [0.25, 0.3) is 23.8 Å². The molecule has 1 saturated carbocycles. The number of fused-ring (bicyclic) bond motifs is 7. The Morgan fingerprint density at radius 1 is 0.858 bits per heavy atom. The Morgan fingerprint density at radius 3 is 2.37 bits per heavy atom. The van der Waals surface area contributed by atoms with Crippen LogP contribution in [0.3, 0.4) is 0 Å². The van der Waals surface area contributed by atoms with Gasteiger partial charge in [-0.1, -0.05) is 79.6 Å². The van der Waals surface area contributed by atoms with Crippen molar-refractivity contribution in [3.05, 3.63) is 129 Å². The van der Waals surface area contributed by atoms with Crippen molar-refractivity contribution in [3.63, 3.8) is 0 Å². The average molecular weight is 1690 g/mol. The lowest BCUT2D eigenvalue weighted by atomic mass is 9.47. The van der Waals surface area contributed by atoms with Gasteiger partial charge in [-0.05, 0) is 138 Å². The Balaban J connectivity index is 0.592. The van der Waals surface area contributed by atoms with E-state index in [9.17, 15) is 58.5 Å². The van der Waals surface area contributed by atoms with Crippen LogP contribution in [0.15, 0.2) is 88.8 Å². The van der Waals surface area contributed by atoms with Crippen LogP contribution in [0.5, 0.6) is 5.75 Å². The van der Waals surface area contributed by atoms with Gasteiger partial charge in [-0.15, -0.1) is 0 Å². The summed E-state index contributed by atoms with van der Waals surface area (Å²) in [6.45, 7) is 13.8. The third kappa shape index (κ3) is 18.8. The fourth-order valence-corrected chi connectivity index (χ4v) is 21.5. The first-order valence-corrected chi connectivity index (χ1v) is 44.1. The fourth-order valence-electron chi connectivity index (χ4n) is 19.6. The van der Waals surface area contributed by atoms with Crippen LogP contribution in [0.2, 0.25) is 0 Å². The Kier molecular flexibility index (Phi) is 28.7. The number of Topliss-reactive ketones (excluding diaryl/α,β-unsaturated/α-hetero) is 3. The number of rotatable bonds is 40. The molecule has 32 nitrogen and oxygen atoms in total. The zero-order chi connectivity index (χ0) is 86.0. The number of nitrogens with one attached hydrogen (secondary N) is 7. The van der Waals surface area contributed by atoms with Gasteiger partial charge in [0.1, 0.15) is 43.2 Å². The molecule has 0 radical (unpaired) electrons. The zero-order valence-corrected chi connectivity index (χ0v) is 71.2. The maximum Gasteiger partial charge on any atom is 0.325 e. The second-order valence-corrected chi connectivity index (χ2v) is 36.0. The number of nitrogens with two attached hydrogens (primary N) is 2. The number of nitrogens with zero attached hydrogens (tertiary/aromatic N) is 7. The van der Waals surface area contributed by atoms with Crippen molar-refractivity contribution in [3.8, 4) is 5.75 Å². The van der Waals surface area contributed by atoms with Gasteiger partial charge in [0.05, 0.1) is 54.7 Å². The number of amides is 4. The molecule has 4 amide bonds. The highest BCUT2D eigenvalue weighted by molar-refractivity contribution is 8.76. The molecule has 14 atom stereocenters. The number of aliphatic hydroxyl groups excluding tert-OH is 1. The summed E-state index contributed by atoms with van der Waals surface area (Å²) in [5, 5.41) is 54.2. The number of anilines is 2. The van der Waals surface area contributed by atoms with Crippen molar-refractivity contribution < 1.29 is 72.7 Å². The smallest absolute Gasteiger partial charge is 0.325 e. The number of aromatic amines is 2. The molecule has 3 fully saturated rings. The topological polar surface area (TPSA) is 464 Å². The standard InChI is InChI=1S/C86H114N16O16S2/c1-9-82(114)41-54-42-84(48-117-49-103,71-60(26-32-101(46-54)47-82)59-18-11-12-19-63(59)98-71)62-39-61-65(40-68(62)116-8)100(7)78-85(61)28-33-102-31-16-27-83(10-2,77(85)102)79(112)86(78,115)80(113)93-45-69(107)118-34-36-120-119-35-15-21-66(105)52(5)94-73(108)51(4)38-67(106)64(20-14-30-90-81(87)88)99-74(109)50(3)37-58(104)17-13-29-89-75(110)55-22-24-56(25-23-55)91-43-57-44-92-72-70(97-57)76(111)96-53(6)95-72/h11-12,16,18-19,22-25,27,39-40,44,49-52,54,64,77-79,91,98,112,114-115H,9-10,13-15,17,20-21,26,28-38,41-43,45-48H2,1-8H3,(H,89,110)(H,93,113)(H,94,108)(H,99,109)(H4,87,88,90)(H,92,95,96,111)/t50-,51-,52+,54-,64+,77+,78-,79-,82+,83-,84+,85-,86+/m1/s1. The summed E-state index contributed by atoms with van der Waals surface area (Å²) in [7, 11) is 6.30. The maximum atomic E-state index is 15.3. The molecule has 5 aliphatic heterocycles. The molecule has 1 aliphatic carbocycles. The Hall–Kier alpha value is -9.84. The number of benzene rings is 3. The first-order valence-electron chi connectivity index (χ1n) is 41.6. The number of aromatic nitrogens is 5. The molecule has 1 spiro atoms. The van der Waals surface area contributed by atoms with Crippen LogP contribution in [0.4, 0.5) is 11.4 Å². The van der Waals surface area contributed by atoms with Gasteiger partial charge in [-0.2, -0.15) is 0 Å². The largest absolute Gasteiger partial charge is 0.496 e. The molecule has 3 aromatic heterocycles. The van der Waals surface area contributed by atoms with Gasteiger partial charge in [0.15, 0.2) is 34.3 Å². The van der Waals surface area contributed by atoms with Crippen molar-refractivity contribution >= 4 is 114 Å². The molecule has 6 aromatic rings. The van der Waals surface area contributed by atoms with Crippen molar-refractivity contribution in [1.29, 1.82) is 0 Å². The van der Waals surface area contributed by atoms with Crippen molar-refractivity contribution in [2.24, 2.45) is 39.6 Å². The minimum Gasteiger partial charge on any atom is -0.496 e. The monoisotopic (exact) mass is 1690 g/mol. The lowest BCUT2D eigenvalue weighted by Gasteiger charge is -2.63. The number of para-hydroxylation sites is 1. The van der Waals surface area contributed by atoms with E-state index in [4.69, 9.17) is 25.7 Å². The number of H-pyrrole nitrogens is 2. The van der Waals surface area contributed by atoms with Crippen LogP contribution >= 0.6 is 21.6 Å². The number of hydrogen-bond donors (Lipinski definition) is 12. The van der Waals surface area contributed by atoms with Crippen LogP contribution in [-0.4, -0.2) is 242 Å². The van der Waals surface area contributed by atoms with Gasteiger partial charge in [0.2, 0.25) is 11.8 Å². The van der Waals surface area contributed by atoms with E-state index in [1.54, 1.807) is 59.1 Å². The lowest BCUT2D eigenvalue weighted by Crippen LogP contribution is -2.81. The second-order valence-electron chi connectivity index (χ2n) is 33.3. The molecular formula is C86H114N16O16S2. The molecule has 646 valence electrons. The number of aryl methyl sites for hydroxylation is 1. The number of guanidine groups is 1. The summed E-state index contributed by atoms with van der Waals surface area (Å²) in [5.41, 5.74) is 11.1. The van der Waals surface area contributed by atoms with Crippen molar-refractivity contribution in [2.45, 2.75) is 190 Å². The molecule has 2 saturated heterocycles. The maximum absolute atomic E-state index is 15.3. The first-order chi connectivity index (χ1) is 57.5. The molecule has 2 bridgehead atoms. The molecule has 120 heavy (non-hydrogen) atoms. The van der Waals surface area contributed by atoms with E-state index in [-0.39, 0.29) is 111 Å². The third-order valence-electron chi connectivity index (χ3n) is 25.3.